The van der Waals surface area contributed by atoms with E-state index in [1.807, 2.05) is 19.1 Å². The number of ether oxygens (including phenoxy) is 4. The Hall–Kier alpha value is -4.06. The zero-order valence-corrected chi connectivity index (χ0v) is 17.3. The van der Waals surface area contributed by atoms with Gasteiger partial charge in [-0.05, 0) is 54.5 Å². The Balaban J connectivity index is 1.56. The first-order valence-corrected chi connectivity index (χ1v) is 9.58. The number of aryl methyl sites for hydroxylation is 1. The first kappa shape index (κ1) is 20.2. The Morgan fingerprint density at radius 2 is 1.71 bits per heavy atom. The van der Waals surface area contributed by atoms with Crippen LogP contribution in [0, 0.1) is 6.92 Å². The summed E-state index contributed by atoms with van der Waals surface area (Å²) in [5.74, 6) is 1.23. The molecule has 0 spiro atoms. The molecule has 0 N–H and O–H groups in total. The van der Waals surface area contributed by atoms with Gasteiger partial charge in [0, 0.05) is 6.07 Å². The van der Waals surface area contributed by atoms with Crippen molar-refractivity contribution < 1.29 is 28.5 Å². The van der Waals surface area contributed by atoms with E-state index in [1.165, 1.54) is 0 Å². The van der Waals surface area contributed by atoms with Crippen LogP contribution >= 0.6 is 0 Å². The van der Waals surface area contributed by atoms with Gasteiger partial charge >= 0.3 is 5.97 Å². The Labute approximate surface area is 179 Å². The molecule has 0 unspecified atom stereocenters. The lowest BCUT2D eigenvalue weighted by molar-refractivity contribution is 0.0733. The van der Waals surface area contributed by atoms with E-state index in [0.717, 1.165) is 11.1 Å². The zero-order valence-electron chi connectivity index (χ0n) is 17.3. The second-order valence-corrected chi connectivity index (χ2v) is 6.92. The maximum atomic E-state index is 12.7. The van der Waals surface area contributed by atoms with Gasteiger partial charge in [-0.15, -0.1) is 0 Å². The molecular weight excluding hydrogens is 396 g/mol. The predicted octanol–water partition coefficient (Wildman–Crippen LogP) is 4.85. The molecule has 1 aliphatic rings. The fourth-order valence-electron chi connectivity index (χ4n) is 3.29. The normalized spacial score (nSPS) is 13.5. The number of fused-ring (bicyclic) bond motifs is 1. The van der Waals surface area contributed by atoms with Gasteiger partial charge in [0.15, 0.2) is 17.3 Å². The van der Waals surface area contributed by atoms with Gasteiger partial charge in [-0.25, -0.2) is 4.79 Å². The third-order valence-electron chi connectivity index (χ3n) is 4.92. The van der Waals surface area contributed by atoms with E-state index >= 15 is 0 Å². The Kier molecular flexibility index (Phi) is 5.45. The van der Waals surface area contributed by atoms with Gasteiger partial charge in [-0.3, -0.25) is 4.79 Å². The summed E-state index contributed by atoms with van der Waals surface area (Å²) >= 11 is 0. The SMILES string of the molecule is COc1ccc(C=C2Oc3cc(OC(=O)c4ccccc4C)ccc3C2=O)cc1OC. The second-order valence-electron chi connectivity index (χ2n) is 6.92. The van der Waals surface area contributed by atoms with Crippen LogP contribution in [0.5, 0.6) is 23.0 Å². The van der Waals surface area contributed by atoms with Crippen molar-refractivity contribution in [2.24, 2.45) is 0 Å². The summed E-state index contributed by atoms with van der Waals surface area (Å²) < 4.78 is 21.8. The van der Waals surface area contributed by atoms with E-state index in [4.69, 9.17) is 18.9 Å². The molecule has 6 heteroatoms. The highest BCUT2D eigenvalue weighted by molar-refractivity contribution is 6.14. The predicted molar refractivity (Wildman–Crippen MR) is 115 cm³/mol. The van der Waals surface area contributed by atoms with Crippen molar-refractivity contribution in [2.45, 2.75) is 6.92 Å². The van der Waals surface area contributed by atoms with Crippen molar-refractivity contribution in [1.82, 2.24) is 0 Å². The Morgan fingerprint density at radius 1 is 0.935 bits per heavy atom. The van der Waals surface area contributed by atoms with Crippen LogP contribution in [0.3, 0.4) is 0 Å². The fourth-order valence-corrected chi connectivity index (χ4v) is 3.29. The maximum absolute atomic E-state index is 12.7. The number of ketones is 1. The van der Waals surface area contributed by atoms with Crippen LogP contribution in [0.15, 0.2) is 66.4 Å². The highest BCUT2D eigenvalue weighted by atomic mass is 16.5. The standard InChI is InChI=1S/C25H20O6/c1-15-6-4-5-7-18(15)25(27)30-17-9-10-19-21(14-17)31-23(24(19)26)13-16-8-11-20(28-2)22(12-16)29-3/h4-14H,1-3H3. The van der Waals surface area contributed by atoms with Crippen LogP contribution in [-0.2, 0) is 0 Å². The topological polar surface area (TPSA) is 71.1 Å². The number of carbonyl (C=O) groups excluding carboxylic acids is 2. The molecule has 31 heavy (non-hydrogen) atoms. The second kappa shape index (κ2) is 8.36. The summed E-state index contributed by atoms with van der Waals surface area (Å²) in [4.78, 5) is 25.2. The van der Waals surface area contributed by atoms with Gasteiger partial charge in [-0.1, -0.05) is 24.3 Å². The van der Waals surface area contributed by atoms with E-state index in [0.29, 0.717) is 34.1 Å². The van der Waals surface area contributed by atoms with Gasteiger partial charge in [0.1, 0.15) is 11.5 Å². The number of rotatable bonds is 5. The first-order valence-electron chi connectivity index (χ1n) is 9.58. The number of esters is 1. The molecule has 0 saturated heterocycles. The molecule has 0 atom stereocenters. The fraction of sp³-hybridized carbons (Fsp3) is 0.120. The molecule has 0 bridgehead atoms. The lowest BCUT2D eigenvalue weighted by Gasteiger charge is -2.08. The molecule has 1 aliphatic heterocycles. The van der Waals surface area contributed by atoms with Crippen molar-refractivity contribution in [2.75, 3.05) is 14.2 Å². The average Bonchev–Trinajstić information content (AvgIpc) is 3.08. The summed E-state index contributed by atoms with van der Waals surface area (Å²) in [6.45, 7) is 1.84. The van der Waals surface area contributed by atoms with Gasteiger partial charge in [0.2, 0.25) is 5.78 Å². The largest absolute Gasteiger partial charge is 0.493 e. The number of hydrogen-bond acceptors (Lipinski definition) is 6. The first-order chi connectivity index (χ1) is 15.0. The molecule has 4 rings (SSSR count). The monoisotopic (exact) mass is 416 g/mol. The Bertz CT molecular complexity index is 1210. The van der Waals surface area contributed by atoms with E-state index in [-0.39, 0.29) is 11.5 Å². The summed E-state index contributed by atoms with van der Waals surface area (Å²) in [6, 6.07) is 17.2. The average molecular weight is 416 g/mol. The van der Waals surface area contributed by atoms with E-state index in [1.54, 1.807) is 68.8 Å². The minimum Gasteiger partial charge on any atom is -0.493 e. The molecule has 0 aliphatic carbocycles. The molecule has 0 aromatic heterocycles. The van der Waals surface area contributed by atoms with Gasteiger partial charge in [-0.2, -0.15) is 0 Å². The number of allylic oxidation sites excluding steroid dienone is 1. The lowest BCUT2D eigenvalue weighted by atomic mass is 10.1. The molecule has 1 heterocycles. The van der Waals surface area contributed by atoms with Crippen molar-refractivity contribution in [3.05, 3.63) is 88.7 Å². The van der Waals surface area contributed by atoms with Crippen LogP contribution in [0.1, 0.15) is 31.8 Å². The number of Topliss-reactive ketones (excluding diaryl/α,β-unsaturated/α-hetero) is 1. The molecule has 0 fully saturated rings. The van der Waals surface area contributed by atoms with E-state index in [2.05, 4.69) is 0 Å². The lowest BCUT2D eigenvalue weighted by Crippen LogP contribution is -2.10. The number of benzene rings is 3. The minimum absolute atomic E-state index is 0.171. The Morgan fingerprint density at radius 3 is 2.45 bits per heavy atom. The molecule has 3 aromatic rings. The van der Waals surface area contributed by atoms with E-state index < -0.39 is 5.97 Å². The van der Waals surface area contributed by atoms with Crippen molar-refractivity contribution in [1.29, 1.82) is 0 Å². The van der Waals surface area contributed by atoms with Gasteiger partial charge < -0.3 is 18.9 Å². The number of methoxy groups -OCH3 is 2. The minimum atomic E-state index is -0.469. The van der Waals surface area contributed by atoms with Crippen LogP contribution in [0.25, 0.3) is 6.08 Å². The molecule has 0 saturated carbocycles. The summed E-state index contributed by atoms with van der Waals surface area (Å²) in [5.41, 5.74) is 2.43. The summed E-state index contributed by atoms with van der Waals surface area (Å²) in [6.07, 6.45) is 1.63. The van der Waals surface area contributed by atoms with Crippen LogP contribution in [-0.4, -0.2) is 26.0 Å². The van der Waals surface area contributed by atoms with Crippen molar-refractivity contribution in [3.8, 4) is 23.0 Å². The quantitative estimate of drug-likeness (QED) is 0.336. The molecular formula is C25H20O6. The number of carbonyl (C=O) groups is 2. The summed E-state index contributed by atoms with van der Waals surface area (Å²) in [7, 11) is 3.10. The van der Waals surface area contributed by atoms with Gasteiger partial charge in [0.25, 0.3) is 0 Å². The molecule has 0 amide bonds. The van der Waals surface area contributed by atoms with Gasteiger partial charge in [0.05, 0.1) is 25.3 Å². The third kappa shape index (κ3) is 4.00. The molecule has 3 aromatic carbocycles. The smallest absolute Gasteiger partial charge is 0.343 e. The van der Waals surface area contributed by atoms with Crippen LogP contribution in [0.2, 0.25) is 0 Å². The molecule has 156 valence electrons. The zero-order chi connectivity index (χ0) is 22.0. The van der Waals surface area contributed by atoms with Crippen molar-refractivity contribution >= 4 is 17.8 Å². The van der Waals surface area contributed by atoms with Crippen LogP contribution in [0.4, 0.5) is 0 Å². The van der Waals surface area contributed by atoms with Crippen molar-refractivity contribution in [3.63, 3.8) is 0 Å². The maximum Gasteiger partial charge on any atom is 0.343 e. The summed E-state index contributed by atoms with van der Waals surface area (Å²) in [5, 5.41) is 0. The highest BCUT2D eigenvalue weighted by Gasteiger charge is 2.28. The highest BCUT2D eigenvalue weighted by Crippen LogP contribution is 2.36. The molecule has 6 nitrogen and oxygen atoms in total. The third-order valence-corrected chi connectivity index (χ3v) is 4.92. The number of hydrogen-bond donors (Lipinski definition) is 0. The van der Waals surface area contributed by atoms with E-state index in [9.17, 15) is 9.59 Å². The molecule has 0 radical (unpaired) electrons. The van der Waals surface area contributed by atoms with Crippen LogP contribution < -0.4 is 18.9 Å².